The van der Waals surface area contributed by atoms with E-state index in [1.807, 2.05) is 57.2 Å². The minimum atomic E-state index is -4.17. The van der Waals surface area contributed by atoms with Crippen molar-refractivity contribution in [1.82, 2.24) is 10.2 Å². The first-order chi connectivity index (χ1) is 21.5. The average Bonchev–Trinajstić information content (AvgIpc) is 3.02. The third-order valence-electron chi connectivity index (χ3n) is 7.21. The third-order valence-corrected chi connectivity index (χ3v) is 9.59. The van der Waals surface area contributed by atoms with Crippen LogP contribution in [0.2, 0.25) is 10.0 Å². The summed E-state index contributed by atoms with van der Waals surface area (Å²) in [5.74, 6) is -0.740. The summed E-state index contributed by atoms with van der Waals surface area (Å²) in [4.78, 5) is 29.8. The van der Waals surface area contributed by atoms with Crippen molar-refractivity contribution in [3.63, 3.8) is 0 Å². The van der Waals surface area contributed by atoms with E-state index >= 15 is 0 Å². The number of aryl methyl sites for hydroxylation is 1. The Hall–Kier alpha value is -3.85. The quantitative estimate of drug-likeness (QED) is 0.168. The van der Waals surface area contributed by atoms with Crippen LogP contribution < -0.4 is 9.62 Å². The molecule has 2 amide bonds. The molecule has 0 heterocycles. The fraction of sp³-hybridized carbons (Fsp3) is 0.257. The van der Waals surface area contributed by atoms with Gasteiger partial charge in [0.25, 0.3) is 10.0 Å². The van der Waals surface area contributed by atoms with Gasteiger partial charge in [0.1, 0.15) is 12.6 Å². The molecule has 0 saturated carbocycles. The van der Waals surface area contributed by atoms with Crippen LogP contribution in [0, 0.1) is 12.8 Å². The van der Waals surface area contributed by atoms with Crippen LogP contribution in [0.4, 0.5) is 5.69 Å². The number of anilines is 1. The predicted molar refractivity (Wildman–Crippen MR) is 181 cm³/mol. The van der Waals surface area contributed by atoms with E-state index in [9.17, 15) is 18.0 Å². The summed E-state index contributed by atoms with van der Waals surface area (Å²) in [6, 6.07) is 28.3. The Morgan fingerprint density at radius 1 is 0.844 bits per heavy atom. The highest BCUT2D eigenvalue weighted by Gasteiger charge is 2.35. The molecule has 0 saturated heterocycles. The summed E-state index contributed by atoms with van der Waals surface area (Å²) in [5, 5.41) is 3.73. The zero-order valence-electron chi connectivity index (χ0n) is 25.5. The van der Waals surface area contributed by atoms with E-state index in [4.69, 9.17) is 23.2 Å². The molecule has 4 aromatic rings. The summed E-state index contributed by atoms with van der Waals surface area (Å²) in [7, 11) is -4.17. The second-order valence-electron chi connectivity index (χ2n) is 11.3. The minimum Gasteiger partial charge on any atom is -0.354 e. The topological polar surface area (TPSA) is 86.8 Å². The van der Waals surface area contributed by atoms with Gasteiger partial charge in [-0.05, 0) is 65.9 Å². The van der Waals surface area contributed by atoms with Crippen molar-refractivity contribution in [1.29, 1.82) is 0 Å². The molecule has 10 heteroatoms. The van der Waals surface area contributed by atoms with Crippen molar-refractivity contribution < 1.29 is 18.0 Å². The zero-order valence-corrected chi connectivity index (χ0v) is 27.8. The maximum absolute atomic E-state index is 14.5. The highest BCUT2D eigenvalue weighted by Crippen LogP contribution is 2.27. The first-order valence-corrected chi connectivity index (χ1v) is 16.8. The molecular weight excluding hydrogens is 629 g/mol. The molecule has 0 aliphatic rings. The summed E-state index contributed by atoms with van der Waals surface area (Å²) >= 11 is 12.7. The highest BCUT2D eigenvalue weighted by atomic mass is 35.5. The first kappa shape index (κ1) is 34.0. The molecule has 0 spiro atoms. The predicted octanol–water partition coefficient (Wildman–Crippen LogP) is 6.91. The maximum atomic E-state index is 14.5. The lowest BCUT2D eigenvalue weighted by Crippen LogP contribution is -2.53. The zero-order chi connectivity index (χ0) is 32.6. The Balaban J connectivity index is 1.81. The lowest BCUT2D eigenvalue weighted by atomic mass is 10.0. The average molecular weight is 667 g/mol. The minimum absolute atomic E-state index is 0.0436. The van der Waals surface area contributed by atoms with Crippen molar-refractivity contribution >= 4 is 50.7 Å². The van der Waals surface area contributed by atoms with Crippen molar-refractivity contribution in [2.24, 2.45) is 5.92 Å². The van der Waals surface area contributed by atoms with Gasteiger partial charge in [0.05, 0.1) is 10.6 Å². The molecule has 0 aliphatic heterocycles. The van der Waals surface area contributed by atoms with E-state index < -0.39 is 28.5 Å². The molecule has 0 aliphatic carbocycles. The van der Waals surface area contributed by atoms with Crippen LogP contribution in [0.25, 0.3) is 0 Å². The lowest BCUT2D eigenvalue weighted by Gasteiger charge is -2.34. The van der Waals surface area contributed by atoms with Crippen molar-refractivity contribution in [3.8, 4) is 0 Å². The van der Waals surface area contributed by atoms with E-state index in [-0.39, 0.29) is 29.7 Å². The number of nitrogens with zero attached hydrogens (tertiary/aromatic N) is 2. The van der Waals surface area contributed by atoms with E-state index in [0.29, 0.717) is 27.8 Å². The normalized spacial score (nSPS) is 12.0. The van der Waals surface area contributed by atoms with Crippen molar-refractivity contribution in [2.75, 3.05) is 17.4 Å². The fourth-order valence-electron chi connectivity index (χ4n) is 4.84. The van der Waals surface area contributed by atoms with Crippen LogP contribution in [0.15, 0.2) is 108 Å². The van der Waals surface area contributed by atoms with E-state index in [2.05, 4.69) is 5.32 Å². The van der Waals surface area contributed by atoms with Gasteiger partial charge >= 0.3 is 0 Å². The number of carbonyl (C=O) groups is 2. The molecule has 0 fully saturated rings. The van der Waals surface area contributed by atoms with Crippen LogP contribution in [-0.4, -0.2) is 44.3 Å². The smallest absolute Gasteiger partial charge is 0.264 e. The van der Waals surface area contributed by atoms with Gasteiger partial charge in [-0.15, -0.1) is 0 Å². The molecule has 0 aromatic heterocycles. The second-order valence-corrected chi connectivity index (χ2v) is 14.0. The number of amides is 2. The molecule has 4 aromatic carbocycles. The van der Waals surface area contributed by atoms with Crippen LogP contribution in [-0.2, 0) is 32.6 Å². The van der Waals surface area contributed by atoms with Crippen LogP contribution in [0.1, 0.15) is 30.5 Å². The molecular formula is C35H37Cl2N3O4S. The van der Waals surface area contributed by atoms with Gasteiger partial charge in [-0.3, -0.25) is 13.9 Å². The standard InChI is InChI=1S/C35H37Cl2N3O4S/c1-25(2)22-38-35(42)33(20-27-12-6-4-7-13-27)39(23-28-17-18-29(36)21-32(28)37)34(41)24-40(30-14-10-11-26(3)19-30)45(43,44)31-15-8-5-9-16-31/h4-19,21,25,33H,20,22-24H2,1-3H3,(H,38,42)/t33-/m1/s1. The summed E-state index contributed by atoms with van der Waals surface area (Å²) in [6.07, 6.45) is 0.206. The van der Waals surface area contributed by atoms with Gasteiger partial charge in [-0.1, -0.05) is 104 Å². The Morgan fingerprint density at radius 2 is 1.51 bits per heavy atom. The Labute approximate surface area is 275 Å². The van der Waals surface area contributed by atoms with Crippen molar-refractivity contribution in [2.45, 2.75) is 44.7 Å². The molecule has 4 rings (SSSR count). The first-order valence-electron chi connectivity index (χ1n) is 14.6. The molecule has 236 valence electrons. The molecule has 0 unspecified atom stereocenters. The molecule has 1 atom stereocenters. The number of halogens is 2. The van der Waals surface area contributed by atoms with Gasteiger partial charge in [0, 0.05) is 29.6 Å². The molecule has 45 heavy (non-hydrogen) atoms. The van der Waals surface area contributed by atoms with Crippen molar-refractivity contribution in [3.05, 3.63) is 130 Å². The summed E-state index contributed by atoms with van der Waals surface area (Å²) in [6.45, 7) is 5.63. The number of carbonyl (C=O) groups excluding carboxylic acids is 2. The highest BCUT2D eigenvalue weighted by molar-refractivity contribution is 7.92. The second kappa shape index (κ2) is 15.4. The number of nitrogens with one attached hydrogen (secondary N) is 1. The largest absolute Gasteiger partial charge is 0.354 e. The third kappa shape index (κ3) is 9.10. The Morgan fingerprint density at radius 3 is 2.13 bits per heavy atom. The van der Waals surface area contributed by atoms with Crippen LogP contribution in [0.3, 0.4) is 0 Å². The number of benzene rings is 4. The van der Waals surface area contributed by atoms with E-state index in [1.54, 1.807) is 54.6 Å². The summed E-state index contributed by atoms with van der Waals surface area (Å²) in [5.41, 5.74) is 2.57. The van der Waals surface area contributed by atoms with Crippen LogP contribution >= 0.6 is 23.2 Å². The monoisotopic (exact) mass is 665 g/mol. The van der Waals surface area contributed by atoms with Gasteiger partial charge < -0.3 is 10.2 Å². The molecule has 0 bridgehead atoms. The van der Waals surface area contributed by atoms with E-state index in [1.165, 1.54) is 17.0 Å². The maximum Gasteiger partial charge on any atom is 0.264 e. The van der Waals surface area contributed by atoms with Gasteiger partial charge in [-0.25, -0.2) is 8.42 Å². The van der Waals surface area contributed by atoms with Gasteiger partial charge in [0.2, 0.25) is 11.8 Å². The summed E-state index contributed by atoms with van der Waals surface area (Å²) < 4.78 is 29.2. The SMILES string of the molecule is Cc1cccc(N(CC(=O)N(Cc2ccc(Cl)cc2Cl)[C@H](Cc2ccccc2)C(=O)NCC(C)C)S(=O)(=O)c2ccccc2)c1. The van der Waals surface area contributed by atoms with E-state index in [0.717, 1.165) is 15.4 Å². The fourth-order valence-corrected chi connectivity index (χ4v) is 6.74. The number of hydrogen-bond donors (Lipinski definition) is 1. The number of hydrogen-bond acceptors (Lipinski definition) is 4. The van der Waals surface area contributed by atoms with Crippen LogP contribution in [0.5, 0.6) is 0 Å². The molecule has 0 radical (unpaired) electrons. The number of sulfonamides is 1. The lowest BCUT2D eigenvalue weighted by molar-refractivity contribution is -0.140. The molecule has 1 N–H and O–H groups in total. The van der Waals surface area contributed by atoms with Gasteiger partial charge in [-0.2, -0.15) is 0 Å². The molecule has 7 nitrogen and oxygen atoms in total. The Bertz CT molecular complexity index is 1720. The van der Waals surface area contributed by atoms with Gasteiger partial charge in [0.15, 0.2) is 0 Å². The Kier molecular flexibility index (Phi) is 11.7. The number of rotatable bonds is 13.